The monoisotopic (exact) mass is 283 g/mol. The summed E-state index contributed by atoms with van der Waals surface area (Å²) in [5, 5.41) is 9.72. The smallest absolute Gasteiger partial charge is 0.409 e. The van der Waals surface area contributed by atoms with E-state index in [-0.39, 0.29) is 29.6 Å². The van der Waals surface area contributed by atoms with Crippen molar-refractivity contribution in [3.63, 3.8) is 0 Å². The molecule has 1 fully saturated rings. The molecule has 0 spiro atoms. The van der Waals surface area contributed by atoms with Crippen LogP contribution in [-0.2, 0) is 11.3 Å². The molecule has 0 aliphatic carbocycles. The number of hydrogen-bond donors (Lipinski definition) is 2. The first-order valence-electron chi connectivity index (χ1n) is 6.34. The van der Waals surface area contributed by atoms with Gasteiger partial charge in [0.15, 0.2) is 5.82 Å². The van der Waals surface area contributed by atoms with Gasteiger partial charge in [-0.05, 0) is 12.1 Å². The van der Waals surface area contributed by atoms with Crippen molar-refractivity contribution in [2.75, 3.05) is 39.0 Å². The number of nitrogens with zero attached hydrogens (tertiary/aromatic N) is 2. The number of piperazine rings is 1. The second kappa shape index (κ2) is 5.96. The number of nitrogen functional groups attached to an aromatic ring is 1. The molecule has 20 heavy (non-hydrogen) atoms. The van der Waals surface area contributed by atoms with Gasteiger partial charge in [0.2, 0.25) is 0 Å². The minimum absolute atomic E-state index is 0.0194. The Hall–Kier alpha value is -2.02. The maximum absolute atomic E-state index is 13.9. The molecule has 1 aromatic rings. The quantitative estimate of drug-likeness (QED) is 0.625. The number of ether oxygens (including phenoxy) is 1. The van der Waals surface area contributed by atoms with E-state index in [9.17, 15) is 14.3 Å². The molecule has 3 N–H and O–H groups in total. The van der Waals surface area contributed by atoms with Crippen LogP contribution in [-0.4, -0.2) is 54.3 Å². The fraction of sp³-hybridized carbons (Fsp3) is 0.462. The number of phenolic OH excluding ortho intramolecular Hbond substituents is 1. The summed E-state index contributed by atoms with van der Waals surface area (Å²) < 4.78 is 18.5. The minimum Gasteiger partial charge on any atom is -0.508 e. The van der Waals surface area contributed by atoms with Crippen LogP contribution in [0.3, 0.4) is 0 Å². The largest absolute Gasteiger partial charge is 0.508 e. The highest BCUT2D eigenvalue weighted by molar-refractivity contribution is 5.67. The molecule has 0 saturated carbocycles. The topological polar surface area (TPSA) is 79.0 Å². The number of phenols is 1. The number of amides is 1. The van der Waals surface area contributed by atoms with Crippen LogP contribution in [0.1, 0.15) is 5.56 Å². The van der Waals surface area contributed by atoms with Crippen LogP contribution < -0.4 is 5.73 Å². The van der Waals surface area contributed by atoms with E-state index in [2.05, 4.69) is 4.74 Å². The van der Waals surface area contributed by atoms with Gasteiger partial charge in [-0.3, -0.25) is 4.90 Å². The Balaban J connectivity index is 2.00. The SMILES string of the molecule is COC(=O)N1CCN(Cc2c(O)ccc(N)c2F)CC1. The maximum Gasteiger partial charge on any atom is 0.409 e. The number of rotatable bonds is 2. The number of benzene rings is 1. The zero-order chi connectivity index (χ0) is 14.7. The summed E-state index contributed by atoms with van der Waals surface area (Å²) in [6, 6.07) is 2.72. The van der Waals surface area contributed by atoms with Gasteiger partial charge in [-0.15, -0.1) is 0 Å². The van der Waals surface area contributed by atoms with E-state index in [0.29, 0.717) is 26.2 Å². The van der Waals surface area contributed by atoms with Gasteiger partial charge in [0.25, 0.3) is 0 Å². The van der Waals surface area contributed by atoms with Crippen molar-refractivity contribution in [3.8, 4) is 5.75 Å². The third-order valence-corrected chi connectivity index (χ3v) is 3.44. The number of methoxy groups -OCH3 is 1. The maximum atomic E-state index is 13.9. The van der Waals surface area contributed by atoms with E-state index in [0.717, 1.165) is 0 Å². The first-order chi connectivity index (χ1) is 9.52. The van der Waals surface area contributed by atoms with Crippen LogP contribution in [0.25, 0.3) is 0 Å². The third-order valence-electron chi connectivity index (χ3n) is 3.44. The van der Waals surface area contributed by atoms with Gasteiger partial charge in [-0.25, -0.2) is 9.18 Å². The first-order valence-corrected chi connectivity index (χ1v) is 6.34. The average Bonchev–Trinajstić information content (AvgIpc) is 2.47. The number of carbonyl (C=O) groups is 1. The fourth-order valence-electron chi connectivity index (χ4n) is 2.22. The molecule has 1 aliphatic rings. The van der Waals surface area contributed by atoms with E-state index >= 15 is 0 Å². The number of nitrogens with two attached hydrogens (primary N) is 1. The van der Waals surface area contributed by atoms with Crippen LogP contribution in [0, 0.1) is 5.82 Å². The summed E-state index contributed by atoms with van der Waals surface area (Å²) in [5.41, 5.74) is 5.71. The van der Waals surface area contributed by atoms with Crippen LogP contribution >= 0.6 is 0 Å². The van der Waals surface area contributed by atoms with Crippen LogP contribution in [0.4, 0.5) is 14.9 Å². The van der Waals surface area contributed by atoms with Crippen LogP contribution in [0.5, 0.6) is 5.75 Å². The van der Waals surface area contributed by atoms with Gasteiger partial charge in [0.1, 0.15) is 5.75 Å². The van der Waals surface area contributed by atoms with E-state index in [4.69, 9.17) is 5.73 Å². The standard InChI is InChI=1S/C13H18FN3O3/c1-20-13(19)17-6-4-16(5-7-17)8-9-11(18)3-2-10(15)12(9)14/h2-3,18H,4-8,15H2,1H3. The second-order valence-corrected chi connectivity index (χ2v) is 4.70. The molecule has 2 rings (SSSR count). The second-order valence-electron chi connectivity index (χ2n) is 4.70. The summed E-state index contributed by atoms with van der Waals surface area (Å²) in [5.74, 6) is -0.688. The predicted octanol–water partition coefficient (Wildman–Crippen LogP) is 0.998. The first kappa shape index (κ1) is 14.4. The number of halogens is 1. The number of hydrogen-bond acceptors (Lipinski definition) is 5. The zero-order valence-corrected chi connectivity index (χ0v) is 11.3. The highest BCUT2D eigenvalue weighted by atomic mass is 19.1. The van der Waals surface area contributed by atoms with Crippen LogP contribution in [0.15, 0.2) is 12.1 Å². The number of aromatic hydroxyl groups is 1. The Morgan fingerprint density at radius 3 is 2.65 bits per heavy atom. The lowest BCUT2D eigenvalue weighted by Crippen LogP contribution is -2.48. The molecular weight excluding hydrogens is 265 g/mol. The zero-order valence-electron chi connectivity index (χ0n) is 11.3. The van der Waals surface area contributed by atoms with Gasteiger partial charge in [0, 0.05) is 38.3 Å². The molecule has 1 saturated heterocycles. The fourth-order valence-corrected chi connectivity index (χ4v) is 2.22. The molecule has 1 aromatic carbocycles. The van der Waals surface area contributed by atoms with E-state index in [1.807, 2.05) is 4.90 Å². The Morgan fingerprint density at radius 1 is 1.40 bits per heavy atom. The lowest BCUT2D eigenvalue weighted by Gasteiger charge is -2.33. The molecule has 0 bridgehead atoms. The summed E-state index contributed by atoms with van der Waals surface area (Å²) in [4.78, 5) is 14.9. The van der Waals surface area contributed by atoms with Gasteiger partial charge < -0.3 is 20.5 Å². The van der Waals surface area contributed by atoms with E-state index < -0.39 is 5.82 Å². The number of carbonyl (C=O) groups excluding carboxylic acids is 1. The molecule has 0 aromatic heterocycles. The molecule has 6 nitrogen and oxygen atoms in total. The molecule has 1 heterocycles. The van der Waals surface area contributed by atoms with Crippen molar-refractivity contribution < 1.29 is 19.0 Å². The van der Waals surface area contributed by atoms with Crippen LogP contribution in [0.2, 0.25) is 0 Å². The lowest BCUT2D eigenvalue weighted by molar-refractivity contribution is 0.0882. The van der Waals surface area contributed by atoms with Gasteiger partial charge >= 0.3 is 6.09 Å². The molecule has 0 atom stereocenters. The number of anilines is 1. The molecule has 7 heteroatoms. The van der Waals surface area contributed by atoms with Gasteiger partial charge in [-0.2, -0.15) is 0 Å². The van der Waals surface area contributed by atoms with Crippen molar-refractivity contribution in [1.29, 1.82) is 0 Å². The van der Waals surface area contributed by atoms with Crippen molar-refractivity contribution in [2.45, 2.75) is 6.54 Å². The third kappa shape index (κ3) is 2.93. The Kier molecular flexibility index (Phi) is 4.29. The lowest BCUT2D eigenvalue weighted by atomic mass is 10.1. The molecule has 0 radical (unpaired) electrons. The molecule has 1 aliphatic heterocycles. The summed E-state index contributed by atoms with van der Waals surface area (Å²) in [6.45, 7) is 2.46. The highest BCUT2D eigenvalue weighted by Crippen LogP contribution is 2.26. The van der Waals surface area contributed by atoms with Crippen molar-refractivity contribution in [2.24, 2.45) is 0 Å². The Bertz CT molecular complexity index is 502. The average molecular weight is 283 g/mol. The molecule has 1 amide bonds. The predicted molar refractivity (Wildman–Crippen MR) is 71.7 cm³/mol. The summed E-state index contributed by atoms with van der Waals surface area (Å²) >= 11 is 0. The van der Waals surface area contributed by atoms with Crippen molar-refractivity contribution >= 4 is 11.8 Å². The highest BCUT2D eigenvalue weighted by Gasteiger charge is 2.23. The normalized spacial score (nSPS) is 16.2. The van der Waals surface area contributed by atoms with E-state index in [1.165, 1.54) is 19.2 Å². The van der Waals surface area contributed by atoms with Crippen molar-refractivity contribution in [3.05, 3.63) is 23.5 Å². The minimum atomic E-state index is -0.583. The Morgan fingerprint density at radius 2 is 2.05 bits per heavy atom. The summed E-state index contributed by atoms with van der Waals surface area (Å²) in [7, 11) is 1.34. The summed E-state index contributed by atoms with van der Waals surface area (Å²) in [6.07, 6.45) is -0.359. The van der Waals surface area contributed by atoms with E-state index in [1.54, 1.807) is 4.90 Å². The van der Waals surface area contributed by atoms with Gasteiger partial charge in [-0.1, -0.05) is 0 Å². The Labute approximate surface area is 116 Å². The van der Waals surface area contributed by atoms with Gasteiger partial charge in [0.05, 0.1) is 12.8 Å². The van der Waals surface area contributed by atoms with Crippen molar-refractivity contribution in [1.82, 2.24) is 9.80 Å². The molecule has 0 unspecified atom stereocenters. The molecule has 110 valence electrons. The molecular formula is C13H18FN3O3.